The van der Waals surface area contributed by atoms with Crippen molar-refractivity contribution in [1.29, 1.82) is 0 Å². The number of aryl methyl sites for hydroxylation is 2. The molecule has 0 radical (unpaired) electrons. The quantitative estimate of drug-likeness (QED) is 0.413. The molecule has 8 nitrogen and oxygen atoms in total. The second-order valence-corrected chi connectivity index (χ2v) is 8.12. The normalized spacial score (nSPS) is 11.6. The summed E-state index contributed by atoms with van der Waals surface area (Å²) in [6, 6.07) is 12.2. The fraction of sp³-hybridized carbons (Fsp3) is 0.208. The van der Waals surface area contributed by atoms with Crippen molar-refractivity contribution in [1.82, 2.24) is 9.88 Å². The average molecular weight is 470 g/mol. The summed E-state index contributed by atoms with van der Waals surface area (Å²) >= 11 is 6.17. The van der Waals surface area contributed by atoms with Crippen molar-refractivity contribution in [3.63, 3.8) is 0 Å². The third kappa shape index (κ3) is 5.93. The lowest BCUT2D eigenvalue weighted by molar-refractivity contribution is -0.137. The number of nitrogens with one attached hydrogen (secondary N) is 2. The van der Waals surface area contributed by atoms with Gasteiger partial charge in [0.2, 0.25) is 0 Å². The highest BCUT2D eigenvalue weighted by molar-refractivity contribution is 6.31. The van der Waals surface area contributed by atoms with Gasteiger partial charge in [0.25, 0.3) is 5.56 Å². The first-order valence-electron chi connectivity index (χ1n) is 10.2. The predicted molar refractivity (Wildman–Crippen MR) is 126 cm³/mol. The lowest BCUT2D eigenvalue weighted by Crippen LogP contribution is -2.36. The molecule has 0 aliphatic carbocycles. The number of urea groups is 1. The SMILES string of the molecule is Cc1ccc(C)c([C@H](CC(=O)O)NC(=O)Nc2c(O)ccn(Cc3ccccc3Cl)c2=O)c1. The van der Waals surface area contributed by atoms with Crippen LogP contribution in [0.15, 0.2) is 59.5 Å². The van der Waals surface area contributed by atoms with Crippen molar-refractivity contribution in [3.05, 3.63) is 92.4 Å². The topological polar surface area (TPSA) is 121 Å². The van der Waals surface area contributed by atoms with Crippen LogP contribution in [0.5, 0.6) is 5.75 Å². The summed E-state index contributed by atoms with van der Waals surface area (Å²) in [5, 5.41) is 25.0. The molecule has 33 heavy (non-hydrogen) atoms. The predicted octanol–water partition coefficient (Wildman–Crippen LogP) is 4.21. The number of aliphatic carboxylic acids is 1. The van der Waals surface area contributed by atoms with Gasteiger partial charge >= 0.3 is 12.0 Å². The van der Waals surface area contributed by atoms with E-state index in [1.807, 2.05) is 26.0 Å². The maximum atomic E-state index is 12.9. The number of anilines is 1. The first kappa shape index (κ1) is 23.9. The highest BCUT2D eigenvalue weighted by Gasteiger charge is 2.22. The van der Waals surface area contributed by atoms with Crippen molar-refractivity contribution in [2.24, 2.45) is 0 Å². The lowest BCUT2D eigenvalue weighted by Gasteiger charge is -2.20. The van der Waals surface area contributed by atoms with Gasteiger partial charge in [-0.15, -0.1) is 0 Å². The van der Waals surface area contributed by atoms with Gasteiger partial charge in [-0.25, -0.2) is 4.79 Å². The zero-order valence-corrected chi connectivity index (χ0v) is 18.9. The molecule has 0 fully saturated rings. The van der Waals surface area contributed by atoms with Gasteiger partial charge in [-0.1, -0.05) is 53.6 Å². The van der Waals surface area contributed by atoms with Crippen LogP contribution in [0.25, 0.3) is 0 Å². The lowest BCUT2D eigenvalue weighted by atomic mass is 9.97. The first-order chi connectivity index (χ1) is 15.7. The van der Waals surface area contributed by atoms with Gasteiger partial charge < -0.3 is 25.4 Å². The highest BCUT2D eigenvalue weighted by Crippen LogP contribution is 2.24. The van der Waals surface area contributed by atoms with Gasteiger partial charge in [0.15, 0.2) is 5.69 Å². The fourth-order valence-electron chi connectivity index (χ4n) is 3.47. The Morgan fingerprint density at radius 1 is 1.12 bits per heavy atom. The number of nitrogens with zero attached hydrogens (tertiary/aromatic N) is 1. The molecule has 0 aliphatic rings. The van der Waals surface area contributed by atoms with E-state index in [1.54, 1.807) is 30.3 Å². The molecule has 1 aromatic heterocycles. The molecule has 0 saturated carbocycles. The van der Waals surface area contributed by atoms with Gasteiger partial charge in [0.1, 0.15) is 5.75 Å². The minimum atomic E-state index is -1.09. The van der Waals surface area contributed by atoms with Crippen molar-refractivity contribution < 1.29 is 19.8 Å². The Balaban J connectivity index is 1.85. The maximum absolute atomic E-state index is 12.9. The highest BCUT2D eigenvalue weighted by atomic mass is 35.5. The van der Waals surface area contributed by atoms with Crippen LogP contribution in [0.2, 0.25) is 5.02 Å². The van der Waals surface area contributed by atoms with E-state index in [4.69, 9.17) is 11.6 Å². The van der Waals surface area contributed by atoms with E-state index in [1.165, 1.54) is 16.8 Å². The summed E-state index contributed by atoms with van der Waals surface area (Å²) in [5.41, 5.74) is 2.12. The third-order valence-electron chi connectivity index (χ3n) is 5.17. The molecule has 3 rings (SSSR count). The summed E-state index contributed by atoms with van der Waals surface area (Å²) < 4.78 is 1.30. The molecular formula is C24H24ClN3O5. The van der Waals surface area contributed by atoms with Crippen molar-refractivity contribution in [2.45, 2.75) is 32.9 Å². The number of amides is 2. The minimum absolute atomic E-state index is 0.138. The molecule has 0 bridgehead atoms. The first-order valence-corrected chi connectivity index (χ1v) is 10.6. The zero-order chi connectivity index (χ0) is 24.1. The molecule has 2 aromatic carbocycles. The number of rotatable bonds is 7. The van der Waals surface area contributed by atoms with Crippen LogP contribution < -0.4 is 16.2 Å². The molecule has 2 amide bonds. The Kier molecular flexibility index (Phi) is 7.40. The summed E-state index contributed by atoms with van der Waals surface area (Å²) in [7, 11) is 0. The molecule has 0 aliphatic heterocycles. The van der Waals surface area contributed by atoms with Gasteiger partial charge in [0.05, 0.1) is 19.0 Å². The smallest absolute Gasteiger partial charge is 0.319 e. The van der Waals surface area contributed by atoms with E-state index in [9.17, 15) is 24.6 Å². The number of carboxylic acid groups (broad SMARTS) is 1. The number of halogens is 1. The van der Waals surface area contributed by atoms with Gasteiger partial charge in [0, 0.05) is 11.2 Å². The summed E-state index contributed by atoms with van der Waals surface area (Å²) in [6.07, 6.45) is 1.04. The Hall–Kier alpha value is -3.78. The number of pyridine rings is 1. The largest absolute Gasteiger partial charge is 0.505 e. The van der Waals surface area contributed by atoms with Gasteiger partial charge in [-0.3, -0.25) is 9.59 Å². The van der Waals surface area contributed by atoms with Crippen molar-refractivity contribution in [2.75, 3.05) is 5.32 Å². The van der Waals surface area contributed by atoms with Crippen molar-refractivity contribution >= 4 is 29.3 Å². The van der Waals surface area contributed by atoms with Crippen LogP contribution in [0, 0.1) is 13.8 Å². The van der Waals surface area contributed by atoms with Crippen LogP contribution in [0.1, 0.15) is 34.7 Å². The second kappa shape index (κ2) is 10.2. The molecule has 9 heteroatoms. The van der Waals surface area contributed by atoms with Crippen LogP contribution in [-0.4, -0.2) is 26.8 Å². The Labute approximate surface area is 195 Å². The van der Waals surface area contributed by atoms with E-state index < -0.39 is 29.4 Å². The summed E-state index contributed by atoms with van der Waals surface area (Å²) in [6.45, 7) is 3.82. The van der Waals surface area contributed by atoms with Crippen molar-refractivity contribution in [3.8, 4) is 5.75 Å². The number of carboxylic acids is 1. The number of aromatic nitrogens is 1. The number of carbonyl (C=O) groups is 2. The fourth-order valence-corrected chi connectivity index (χ4v) is 3.67. The van der Waals surface area contributed by atoms with E-state index in [0.717, 1.165) is 11.1 Å². The second-order valence-electron chi connectivity index (χ2n) is 7.71. The van der Waals surface area contributed by atoms with Crippen LogP contribution >= 0.6 is 11.6 Å². The average Bonchev–Trinajstić information content (AvgIpc) is 2.75. The van der Waals surface area contributed by atoms with E-state index in [-0.39, 0.29) is 18.7 Å². The number of carbonyl (C=O) groups excluding carboxylic acids is 1. The van der Waals surface area contributed by atoms with E-state index in [2.05, 4.69) is 10.6 Å². The molecule has 0 saturated heterocycles. The molecular weight excluding hydrogens is 446 g/mol. The zero-order valence-electron chi connectivity index (χ0n) is 18.1. The molecule has 4 N–H and O–H groups in total. The molecule has 3 aromatic rings. The number of hydrogen-bond acceptors (Lipinski definition) is 4. The third-order valence-corrected chi connectivity index (χ3v) is 5.54. The number of aromatic hydroxyl groups is 1. The standard InChI is InChI=1S/C24H24ClN3O5/c1-14-7-8-15(2)17(11-14)19(12-21(30)31)26-24(33)27-22-20(29)9-10-28(23(22)32)13-16-5-3-4-6-18(16)25/h3-11,19,29H,12-13H2,1-2H3,(H,30,31)(H2,26,27,33)/t19-/m0/s1. The Morgan fingerprint density at radius 3 is 2.55 bits per heavy atom. The molecule has 172 valence electrons. The Morgan fingerprint density at radius 2 is 1.85 bits per heavy atom. The molecule has 1 atom stereocenters. The van der Waals surface area contributed by atoms with E-state index >= 15 is 0 Å². The van der Waals surface area contributed by atoms with Gasteiger partial charge in [-0.2, -0.15) is 0 Å². The van der Waals surface area contributed by atoms with E-state index in [0.29, 0.717) is 16.1 Å². The van der Waals surface area contributed by atoms with Crippen LogP contribution in [0.4, 0.5) is 10.5 Å². The van der Waals surface area contributed by atoms with Crippen LogP contribution in [0.3, 0.4) is 0 Å². The monoisotopic (exact) mass is 469 g/mol. The minimum Gasteiger partial charge on any atom is -0.505 e. The van der Waals surface area contributed by atoms with Crippen LogP contribution in [-0.2, 0) is 11.3 Å². The Bertz CT molecular complexity index is 1260. The maximum Gasteiger partial charge on any atom is 0.319 e. The summed E-state index contributed by atoms with van der Waals surface area (Å²) in [4.78, 5) is 37.0. The molecule has 0 unspecified atom stereocenters. The number of hydrogen-bond donors (Lipinski definition) is 4. The molecule has 1 heterocycles. The summed E-state index contributed by atoms with van der Waals surface area (Å²) in [5.74, 6) is -1.50. The van der Waals surface area contributed by atoms with Gasteiger partial charge in [-0.05, 0) is 42.7 Å². The molecule has 0 spiro atoms. The number of benzene rings is 2.